The van der Waals surface area contributed by atoms with Gasteiger partial charge in [0.05, 0.1) is 5.56 Å². The lowest BCUT2D eigenvalue weighted by Crippen LogP contribution is -2.71. The number of carbonyl (C=O) groups is 4. The number of rotatable bonds is 9. The van der Waals surface area contributed by atoms with Gasteiger partial charge in [-0.3, -0.25) is 14.5 Å². The first-order chi connectivity index (χ1) is 19.8. The number of carbonyl (C=O) groups excluding carboxylic acids is 2. The molecule has 0 aromatic carbocycles. The summed E-state index contributed by atoms with van der Waals surface area (Å²) >= 11 is 2.07. The Hall–Kier alpha value is -4.71. The number of pyridine rings is 1. The molecule has 2 aliphatic heterocycles. The number of β-lactam (4-membered cyclic amide) rings is 1. The lowest BCUT2D eigenvalue weighted by molar-refractivity contribution is -0.663. The summed E-state index contributed by atoms with van der Waals surface area (Å²) in [4.78, 5) is 63.5. The molecule has 42 heavy (non-hydrogen) atoms. The number of hydrogen-bond acceptors (Lipinski definition) is 12. The molecular formula is C24H26N9O7S2+. The van der Waals surface area contributed by atoms with E-state index < -0.39 is 46.5 Å². The molecule has 220 valence electrons. The lowest BCUT2D eigenvalue weighted by Gasteiger charge is -2.49. The third-order valence-electron chi connectivity index (χ3n) is 6.75. The number of nitrogen functional groups attached to an aromatic ring is 2. The van der Waals surface area contributed by atoms with Gasteiger partial charge in [0.2, 0.25) is 22.7 Å². The number of oxime groups is 1. The summed E-state index contributed by atoms with van der Waals surface area (Å²) < 4.78 is 5.81. The van der Waals surface area contributed by atoms with Crippen molar-refractivity contribution < 1.29 is 38.8 Å². The Kier molecular flexibility index (Phi) is 7.27. The molecule has 16 nitrogen and oxygen atoms in total. The molecule has 8 N–H and O–H groups in total. The minimum absolute atomic E-state index is 0.0200. The number of hydrogen-bond donors (Lipinski definition) is 6. The molecule has 5 rings (SSSR count). The Bertz CT molecular complexity index is 1710. The first-order valence-electron chi connectivity index (χ1n) is 12.4. The van der Waals surface area contributed by atoms with Crippen molar-refractivity contribution in [2.24, 2.45) is 5.16 Å². The quantitative estimate of drug-likeness (QED) is 0.0792. The summed E-state index contributed by atoms with van der Waals surface area (Å²) in [6.45, 7) is 4.51. The van der Waals surface area contributed by atoms with Crippen molar-refractivity contribution in [2.75, 3.05) is 17.2 Å². The highest BCUT2D eigenvalue weighted by molar-refractivity contribution is 8.00. The third-order valence-corrected chi connectivity index (χ3v) is 8.63. The second kappa shape index (κ2) is 10.6. The second-order valence-corrected chi connectivity index (χ2v) is 11.9. The van der Waals surface area contributed by atoms with Crippen molar-refractivity contribution in [1.82, 2.24) is 24.6 Å². The number of aromatic nitrogens is 4. The van der Waals surface area contributed by atoms with Crippen LogP contribution in [0.15, 0.2) is 34.8 Å². The van der Waals surface area contributed by atoms with Crippen LogP contribution in [0.25, 0.3) is 11.0 Å². The summed E-state index contributed by atoms with van der Waals surface area (Å²) in [6, 6.07) is 2.57. The number of nitrogens with zero attached hydrogens (tertiary/aromatic N) is 5. The summed E-state index contributed by atoms with van der Waals surface area (Å²) in [7, 11) is 0. The molecule has 3 aromatic rings. The maximum Gasteiger partial charge on any atom is 0.352 e. The number of carboxylic acid groups (broad SMARTS) is 2. The highest BCUT2D eigenvalue weighted by atomic mass is 32.2. The largest absolute Gasteiger partial charge is 0.478 e. The number of carboxylic acids is 2. The SMILES string of the molecule is Cc1c(N)[nH]c2ccc[n+](CC3=C(C(=O)O)N4C(=O)C(NC(=O)/C(=N\OC(C)(C)C(=O)O)c5nsc(N)n5)C4SC3)c12. The molecule has 0 saturated carbocycles. The molecule has 5 heterocycles. The van der Waals surface area contributed by atoms with Crippen LogP contribution in [0.2, 0.25) is 0 Å². The zero-order valence-electron chi connectivity index (χ0n) is 22.4. The van der Waals surface area contributed by atoms with E-state index in [4.69, 9.17) is 16.3 Å². The fraction of sp³-hybridized carbons (Fsp3) is 0.333. The van der Waals surface area contributed by atoms with Crippen LogP contribution < -0.4 is 21.4 Å². The van der Waals surface area contributed by atoms with E-state index >= 15 is 0 Å². The molecule has 0 bridgehead atoms. The monoisotopic (exact) mass is 616 g/mol. The first-order valence-corrected chi connectivity index (χ1v) is 14.2. The number of aryl methyl sites for hydroxylation is 1. The normalized spacial score (nSPS) is 19.0. The van der Waals surface area contributed by atoms with E-state index in [0.29, 0.717) is 11.4 Å². The Morgan fingerprint density at radius 1 is 1.33 bits per heavy atom. The Morgan fingerprint density at radius 2 is 2.07 bits per heavy atom. The van der Waals surface area contributed by atoms with Crippen LogP contribution in [-0.2, 0) is 30.6 Å². The maximum atomic E-state index is 13.3. The number of aliphatic carboxylic acids is 2. The van der Waals surface area contributed by atoms with Gasteiger partial charge in [-0.25, -0.2) is 9.59 Å². The molecule has 0 spiro atoms. The molecule has 18 heteroatoms. The van der Waals surface area contributed by atoms with Crippen LogP contribution in [0.5, 0.6) is 0 Å². The van der Waals surface area contributed by atoms with E-state index in [2.05, 4.69) is 24.8 Å². The van der Waals surface area contributed by atoms with Crippen molar-refractivity contribution in [3.8, 4) is 0 Å². The Balaban J connectivity index is 1.40. The van der Waals surface area contributed by atoms with Gasteiger partial charge in [0, 0.05) is 28.9 Å². The van der Waals surface area contributed by atoms with Gasteiger partial charge in [0.1, 0.15) is 28.4 Å². The van der Waals surface area contributed by atoms with Gasteiger partial charge in [-0.1, -0.05) is 5.16 Å². The van der Waals surface area contributed by atoms with Crippen molar-refractivity contribution in [3.63, 3.8) is 0 Å². The highest BCUT2D eigenvalue weighted by Crippen LogP contribution is 2.40. The van der Waals surface area contributed by atoms with E-state index in [-0.39, 0.29) is 29.0 Å². The molecule has 2 unspecified atom stereocenters. The number of thioether (sulfide) groups is 1. The van der Waals surface area contributed by atoms with Gasteiger partial charge in [-0.2, -0.15) is 13.9 Å². The van der Waals surface area contributed by atoms with Gasteiger partial charge in [-0.05, 0) is 26.8 Å². The topological polar surface area (TPSA) is 243 Å². The average molecular weight is 617 g/mol. The van der Waals surface area contributed by atoms with Crippen LogP contribution in [-0.4, -0.2) is 81.7 Å². The van der Waals surface area contributed by atoms with E-state index in [1.165, 1.54) is 25.6 Å². The minimum atomic E-state index is -1.79. The van der Waals surface area contributed by atoms with Gasteiger partial charge in [-0.15, -0.1) is 11.8 Å². The van der Waals surface area contributed by atoms with Crippen molar-refractivity contribution in [2.45, 2.75) is 44.3 Å². The maximum absolute atomic E-state index is 13.3. The number of amides is 2. The van der Waals surface area contributed by atoms with Gasteiger partial charge in [0.25, 0.3) is 11.8 Å². The summed E-state index contributed by atoms with van der Waals surface area (Å²) in [5.41, 5.74) is 12.2. The van der Waals surface area contributed by atoms with Crippen molar-refractivity contribution in [1.29, 1.82) is 0 Å². The molecule has 2 aliphatic rings. The summed E-state index contributed by atoms with van der Waals surface area (Å²) in [6.07, 6.45) is 1.81. The minimum Gasteiger partial charge on any atom is -0.478 e. The molecule has 1 saturated heterocycles. The predicted octanol–water partition coefficient (Wildman–Crippen LogP) is -0.198. The number of nitrogens with two attached hydrogens (primary N) is 2. The molecule has 0 radical (unpaired) electrons. The van der Waals surface area contributed by atoms with E-state index in [0.717, 1.165) is 33.0 Å². The fourth-order valence-electron chi connectivity index (χ4n) is 4.50. The van der Waals surface area contributed by atoms with E-state index in [1.54, 1.807) is 6.20 Å². The zero-order chi connectivity index (χ0) is 30.5. The van der Waals surface area contributed by atoms with Crippen LogP contribution in [0.3, 0.4) is 0 Å². The zero-order valence-corrected chi connectivity index (χ0v) is 24.1. The van der Waals surface area contributed by atoms with Crippen LogP contribution in [0.4, 0.5) is 10.9 Å². The molecular weight excluding hydrogens is 590 g/mol. The van der Waals surface area contributed by atoms with Crippen LogP contribution in [0.1, 0.15) is 25.2 Å². The Morgan fingerprint density at radius 3 is 2.71 bits per heavy atom. The molecule has 3 aromatic heterocycles. The predicted molar refractivity (Wildman–Crippen MR) is 151 cm³/mol. The third kappa shape index (κ3) is 4.98. The molecule has 1 fully saturated rings. The summed E-state index contributed by atoms with van der Waals surface area (Å²) in [5, 5.41) is 24.9. The van der Waals surface area contributed by atoms with Crippen molar-refractivity contribution in [3.05, 3.63) is 41.0 Å². The summed E-state index contributed by atoms with van der Waals surface area (Å²) in [5.74, 6) is -3.64. The molecule has 2 amide bonds. The van der Waals surface area contributed by atoms with Crippen LogP contribution >= 0.6 is 23.3 Å². The van der Waals surface area contributed by atoms with Gasteiger partial charge < -0.3 is 36.8 Å². The standard InChI is InChI=1S/C24H25N9O7S2/c1-9-14-11(27-16(9)25)5-4-6-32(14)7-10-8-41-20-13(19(35)33(20)15(10)21(36)37)28-18(34)12(17-29-23(26)42-31-17)30-40-24(2,3)22(38)39/h4-6,13,20H,7-8H2,1-3H3,(H7,25,26,27,28,29,31,34,36,37,38,39)/p+1/b30-12-. The van der Waals surface area contributed by atoms with Crippen molar-refractivity contribution >= 4 is 74.7 Å². The van der Waals surface area contributed by atoms with Crippen LogP contribution in [0, 0.1) is 6.92 Å². The lowest BCUT2D eigenvalue weighted by atomic mass is 10.0. The highest BCUT2D eigenvalue weighted by Gasteiger charge is 2.55. The molecule has 0 aliphatic carbocycles. The van der Waals surface area contributed by atoms with Gasteiger partial charge in [0.15, 0.2) is 17.9 Å². The Labute approximate surface area is 245 Å². The fourth-order valence-corrected chi connectivity index (χ4v) is 6.27. The smallest absolute Gasteiger partial charge is 0.352 e. The van der Waals surface area contributed by atoms with E-state index in [9.17, 15) is 29.4 Å². The number of aromatic amines is 1. The van der Waals surface area contributed by atoms with E-state index in [1.807, 2.05) is 23.6 Å². The first kappa shape index (κ1) is 28.8. The number of nitrogens with one attached hydrogen (secondary N) is 2. The number of anilines is 2. The van der Waals surface area contributed by atoms with Gasteiger partial charge >= 0.3 is 11.9 Å². The molecule has 2 atom stereocenters. The number of fused-ring (bicyclic) bond motifs is 2. The average Bonchev–Trinajstić information content (AvgIpc) is 3.49. The number of H-pyrrole nitrogens is 1. The second-order valence-electron chi connectivity index (χ2n) is 9.98.